The topological polar surface area (TPSA) is 53.9 Å². The summed E-state index contributed by atoms with van der Waals surface area (Å²) in [4.78, 5) is 5.20. The van der Waals surface area contributed by atoms with Crippen LogP contribution in [0.25, 0.3) is 0 Å². The molecule has 0 amide bonds. The second-order valence-corrected chi connectivity index (χ2v) is 3.84. The third-order valence-electron chi connectivity index (χ3n) is 2.98. The van der Waals surface area contributed by atoms with E-state index in [0.717, 1.165) is 23.5 Å². The van der Waals surface area contributed by atoms with E-state index >= 15 is 0 Å². The van der Waals surface area contributed by atoms with Crippen LogP contribution in [0.15, 0.2) is 29.4 Å². The molecule has 0 unspecified atom stereocenters. The molecule has 0 radical (unpaired) electrons. The monoisotopic (exact) mass is 204 g/mol. The lowest BCUT2D eigenvalue weighted by molar-refractivity contribution is 0.0201. The smallest absolute Gasteiger partial charge is 0.160 e. The number of rotatable bonds is 1. The molecule has 0 fully saturated rings. The van der Waals surface area contributed by atoms with E-state index in [1.165, 1.54) is 0 Å². The molecule has 0 saturated carbocycles. The van der Waals surface area contributed by atoms with E-state index in [1.54, 1.807) is 0 Å². The van der Waals surface area contributed by atoms with Gasteiger partial charge in [0.1, 0.15) is 0 Å². The first-order valence-corrected chi connectivity index (χ1v) is 5.08. The summed E-state index contributed by atoms with van der Waals surface area (Å²) in [6.07, 6.45) is -0.194. The molecule has 2 aliphatic heterocycles. The van der Waals surface area contributed by atoms with Crippen molar-refractivity contribution in [3.8, 4) is 0 Å². The summed E-state index contributed by atoms with van der Waals surface area (Å²) in [5.41, 5.74) is 3.14. The van der Waals surface area contributed by atoms with Crippen LogP contribution in [-0.4, -0.2) is 30.1 Å². The fraction of sp³-hybridized carbons (Fsp3) is 0.364. The van der Waals surface area contributed by atoms with Crippen LogP contribution in [0, 0.1) is 5.92 Å². The van der Waals surface area contributed by atoms with E-state index < -0.39 is 0 Å². The number of hydrogen-bond donors (Lipinski definition) is 2. The number of anilines is 1. The molecule has 0 bridgehead atoms. The van der Waals surface area contributed by atoms with E-state index in [2.05, 4.69) is 10.5 Å². The maximum atomic E-state index is 9.13. The fourth-order valence-corrected chi connectivity index (χ4v) is 2.16. The Bertz CT molecular complexity index is 417. The Kier molecular flexibility index (Phi) is 1.89. The third-order valence-corrected chi connectivity index (χ3v) is 2.98. The summed E-state index contributed by atoms with van der Waals surface area (Å²) in [5, 5.41) is 16.5. The van der Waals surface area contributed by atoms with E-state index in [1.807, 2.05) is 24.3 Å². The Balaban J connectivity index is 2.02. The molecule has 4 heteroatoms. The highest BCUT2D eigenvalue weighted by molar-refractivity contribution is 6.08. The first kappa shape index (κ1) is 8.73. The summed E-state index contributed by atoms with van der Waals surface area (Å²) in [7, 11) is 0. The molecule has 2 heterocycles. The summed E-state index contributed by atoms with van der Waals surface area (Å²) < 4.78 is 0. The molecule has 0 saturated heterocycles. The number of nitrogens with zero attached hydrogens (tertiary/aromatic N) is 1. The number of hydrogen-bond acceptors (Lipinski definition) is 4. The zero-order valence-electron chi connectivity index (χ0n) is 8.18. The zero-order chi connectivity index (χ0) is 10.3. The molecule has 3 rings (SSSR count). The van der Waals surface area contributed by atoms with Crippen molar-refractivity contribution in [1.82, 2.24) is 0 Å². The number of fused-ring (bicyclic) bond motifs is 3. The van der Waals surface area contributed by atoms with Crippen LogP contribution < -0.4 is 5.32 Å². The average Bonchev–Trinajstić information content (AvgIpc) is 2.72. The molecule has 15 heavy (non-hydrogen) atoms. The van der Waals surface area contributed by atoms with Crippen molar-refractivity contribution in [3.05, 3.63) is 29.8 Å². The number of para-hydroxylation sites is 1. The number of nitrogens with one attached hydrogen (secondary N) is 1. The van der Waals surface area contributed by atoms with Crippen molar-refractivity contribution >= 4 is 11.4 Å². The van der Waals surface area contributed by atoms with Crippen LogP contribution in [0.4, 0.5) is 5.69 Å². The van der Waals surface area contributed by atoms with E-state index in [4.69, 9.17) is 9.94 Å². The van der Waals surface area contributed by atoms with Gasteiger partial charge in [-0.25, -0.2) is 0 Å². The van der Waals surface area contributed by atoms with Crippen molar-refractivity contribution in [3.63, 3.8) is 0 Å². The standard InChI is InChI=1S/C11H12N2O2/c14-6-10-8-5-12-9-4-2-1-3-7(9)11(8)13-15-10/h1-4,8,10,12,14H,5-6H2/t8-,10-/m0/s1. The van der Waals surface area contributed by atoms with Gasteiger partial charge in [0.05, 0.1) is 18.2 Å². The molecule has 1 aromatic rings. The molecule has 0 aromatic heterocycles. The SMILES string of the molecule is OC[C@@H]1ON=C2c3ccccc3NC[C@H]21. The minimum atomic E-state index is -0.194. The maximum absolute atomic E-state index is 9.13. The van der Waals surface area contributed by atoms with Crippen molar-refractivity contribution < 1.29 is 9.94 Å². The summed E-state index contributed by atoms with van der Waals surface area (Å²) >= 11 is 0. The van der Waals surface area contributed by atoms with Gasteiger partial charge in [-0.1, -0.05) is 23.4 Å². The Hall–Kier alpha value is -1.55. The van der Waals surface area contributed by atoms with Gasteiger partial charge in [0.25, 0.3) is 0 Å². The Morgan fingerprint density at radius 2 is 2.33 bits per heavy atom. The Morgan fingerprint density at radius 1 is 1.47 bits per heavy atom. The average molecular weight is 204 g/mol. The van der Waals surface area contributed by atoms with Crippen LogP contribution in [0.2, 0.25) is 0 Å². The third kappa shape index (κ3) is 1.22. The molecular weight excluding hydrogens is 192 g/mol. The lowest BCUT2D eigenvalue weighted by Crippen LogP contribution is -2.36. The summed E-state index contributed by atoms with van der Waals surface area (Å²) in [5.74, 6) is 0.171. The van der Waals surface area contributed by atoms with Crippen LogP contribution >= 0.6 is 0 Å². The van der Waals surface area contributed by atoms with Crippen LogP contribution in [-0.2, 0) is 4.84 Å². The van der Waals surface area contributed by atoms with Crippen LogP contribution in [0.5, 0.6) is 0 Å². The van der Waals surface area contributed by atoms with Gasteiger partial charge in [-0.05, 0) is 6.07 Å². The van der Waals surface area contributed by atoms with Crippen LogP contribution in [0.3, 0.4) is 0 Å². The van der Waals surface area contributed by atoms with Crippen molar-refractivity contribution in [2.45, 2.75) is 6.10 Å². The van der Waals surface area contributed by atoms with E-state index in [0.29, 0.717) is 0 Å². The summed E-state index contributed by atoms with van der Waals surface area (Å²) in [6.45, 7) is 0.794. The van der Waals surface area contributed by atoms with Gasteiger partial charge in [-0.3, -0.25) is 0 Å². The first-order chi connectivity index (χ1) is 7.40. The van der Waals surface area contributed by atoms with Crippen molar-refractivity contribution in [2.75, 3.05) is 18.5 Å². The second-order valence-electron chi connectivity index (χ2n) is 3.84. The number of oxime groups is 1. The minimum Gasteiger partial charge on any atom is -0.392 e. The fourth-order valence-electron chi connectivity index (χ4n) is 2.16. The molecule has 2 aliphatic rings. The van der Waals surface area contributed by atoms with Gasteiger partial charge in [-0.2, -0.15) is 0 Å². The molecule has 78 valence electrons. The number of aliphatic hydroxyl groups excluding tert-OH is 1. The van der Waals surface area contributed by atoms with Crippen molar-refractivity contribution in [1.29, 1.82) is 0 Å². The zero-order valence-corrected chi connectivity index (χ0v) is 8.18. The number of aliphatic hydroxyl groups is 1. The minimum absolute atomic E-state index is 0.0154. The maximum Gasteiger partial charge on any atom is 0.160 e. The molecule has 2 N–H and O–H groups in total. The molecule has 0 spiro atoms. The number of benzene rings is 1. The van der Waals surface area contributed by atoms with Gasteiger partial charge >= 0.3 is 0 Å². The molecule has 2 atom stereocenters. The predicted octanol–water partition coefficient (Wildman–Crippen LogP) is 0.823. The Morgan fingerprint density at radius 3 is 3.20 bits per heavy atom. The van der Waals surface area contributed by atoms with Gasteiger partial charge < -0.3 is 15.3 Å². The molecular formula is C11H12N2O2. The molecule has 0 aliphatic carbocycles. The highest BCUT2D eigenvalue weighted by Gasteiger charge is 2.37. The first-order valence-electron chi connectivity index (χ1n) is 5.08. The van der Waals surface area contributed by atoms with Gasteiger partial charge in [-0.15, -0.1) is 0 Å². The normalized spacial score (nSPS) is 27.1. The Labute approximate surface area is 87.6 Å². The van der Waals surface area contributed by atoms with Gasteiger partial charge in [0, 0.05) is 17.8 Å². The van der Waals surface area contributed by atoms with E-state index in [-0.39, 0.29) is 18.6 Å². The van der Waals surface area contributed by atoms with Gasteiger partial charge in [0.2, 0.25) is 0 Å². The second kappa shape index (κ2) is 3.24. The van der Waals surface area contributed by atoms with Gasteiger partial charge in [0.15, 0.2) is 6.10 Å². The lowest BCUT2D eigenvalue weighted by atomic mass is 9.88. The van der Waals surface area contributed by atoms with Crippen molar-refractivity contribution in [2.24, 2.45) is 11.1 Å². The largest absolute Gasteiger partial charge is 0.392 e. The molecule has 4 nitrogen and oxygen atoms in total. The predicted molar refractivity (Wildman–Crippen MR) is 56.9 cm³/mol. The van der Waals surface area contributed by atoms with Crippen LogP contribution in [0.1, 0.15) is 5.56 Å². The quantitative estimate of drug-likeness (QED) is 0.712. The highest BCUT2D eigenvalue weighted by atomic mass is 16.6. The summed E-state index contributed by atoms with van der Waals surface area (Å²) in [6, 6.07) is 8.03. The lowest BCUT2D eigenvalue weighted by Gasteiger charge is -2.24. The highest BCUT2D eigenvalue weighted by Crippen LogP contribution is 2.31. The van der Waals surface area contributed by atoms with E-state index in [9.17, 15) is 0 Å². The molecule has 1 aromatic carbocycles.